The molecule has 0 bridgehead atoms. The predicted molar refractivity (Wildman–Crippen MR) is 57.2 cm³/mol. The standard InChI is InChI=1S/C9H8N4S/c10-9(14)7-3-2-6-13(7)8-4-1-5-11-12-8/h1-6H,(H2,10,14). The molecule has 2 aromatic heterocycles. The molecular formula is C9H8N4S. The summed E-state index contributed by atoms with van der Waals surface area (Å²) in [4.78, 5) is 0.348. The summed E-state index contributed by atoms with van der Waals surface area (Å²) in [5.74, 6) is 0.709. The zero-order valence-corrected chi connectivity index (χ0v) is 8.11. The van der Waals surface area contributed by atoms with E-state index in [-0.39, 0.29) is 0 Å². The Balaban J connectivity index is 2.52. The predicted octanol–water partition coefficient (Wildman–Crippen LogP) is 0.901. The maximum Gasteiger partial charge on any atom is 0.159 e. The van der Waals surface area contributed by atoms with Crippen LogP contribution in [0.15, 0.2) is 36.7 Å². The Morgan fingerprint density at radius 3 is 2.86 bits per heavy atom. The Bertz CT molecular complexity index is 449. The summed E-state index contributed by atoms with van der Waals surface area (Å²) >= 11 is 4.91. The number of rotatable bonds is 2. The Morgan fingerprint density at radius 2 is 2.21 bits per heavy atom. The molecule has 0 fully saturated rings. The fourth-order valence-corrected chi connectivity index (χ4v) is 1.37. The van der Waals surface area contributed by atoms with Gasteiger partial charge in [0.05, 0.1) is 5.69 Å². The second-order valence-corrected chi connectivity index (χ2v) is 3.15. The van der Waals surface area contributed by atoms with Crippen molar-refractivity contribution in [2.24, 2.45) is 5.73 Å². The summed E-state index contributed by atoms with van der Waals surface area (Å²) < 4.78 is 1.80. The second kappa shape index (κ2) is 3.55. The fraction of sp³-hybridized carbons (Fsp3) is 0. The maximum atomic E-state index is 5.56. The zero-order chi connectivity index (χ0) is 9.97. The molecular weight excluding hydrogens is 196 g/mol. The van der Waals surface area contributed by atoms with Crippen LogP contribution >= 0.6 is 12.2 Å². The molecule has 0 radical (unpaired) electrons. The van der Waals surface area contributed by atoms with Gasteiger partial charge in [-0.3, -0.25) is 4.57 Å². The Labute approximate surface area is 86.4 Å². The highest BCUT2D eigenvalue weighted by molar-refractivity contribution is 7.80. The van der Waals surface area contributed by atoms with Crippen molar-refractivity contribution >= 4 is 17.2 Å². The maximum absolute atomic E-state index is 5.56. The number of aromatic nitrogens is 3. The van der Waals surface area contributed by atoms with Gasteiger partial charge in [-0.05, 0) is 24.3 Å². The molecule has 0 spiro atoms. The summed E-state index contributed by atoms with van der Waals surface area (Å²) in [6.07, 6.45) is 3.46. The zero-order valence-electron chi connectivity index (χ0n) is 7.29. The van der Waals surface area contributed by atoms with Gasteiger partial charge in [0.2, 0.25) is 0 Å². The smallest absolute Gasteiger partial charge is 0.159 e. The number of nitrogens with two attached hydrogens (primary N) is 1. The van der Waals surface area contributed by atoms with Gasteiger partial charge in [-0.1, -0.05) is 12.2 Å². The Hall–Kier alpha value is -1.75. The van der Waals surface area contributed by atoms with Crippen molar-refractivity contribution in [3.63, 3.8) is 0 Å². The number of hydrogen-bond donors (Lipinski definition) is 1. The summed E-state index contributed by atoms with van der Waals surface area (Å²) in [6.45, 7) is 0. The molecule has 0 amide bonds. The summed E-state index contributed by atoms with van der Waals surface area (Å²) in [5, 5.41) is 7.75. The van der Waals surface area contributed by atoms with Gasteiger partial charge in [0.15, 0.2) is 5.82 Å². The molecule has 2 aromatic rings. The van der Waals surface area contributed by atoms with Crippen LogP contribution in [-0.2, 0) is 0 Å². The molecule has 14 heavy (non-hydrogen) atoms. The van der Waals surface area contributed by atoms with Crippen molar-refractivity contribution in [2.75, 3.05) is 0 Å². The van der Waals surface area contributed by atoms with Gasteiger partial charge < -0.3 is 5.73 Å². The lowest BCUT2D eigenvalue weighted by molar-refractivity contribution is 0.913. The minimum absolute atomic E-state index is 0.348. The molecule has 0 saturated heterocycles. The third-order valence-corrected chi connectivity index (χ3v) is 2.02. The molecule has 0 aromatic carbocycles. The van der Waals surface area contributed by atoms with Crippen molar-refractivity contribution in [1.29, 1.82) is 0 Å². The van der Waals surface area contributed by atoms with Gasteiger partial charge in [-0.2, -0.15) is 5.10 Å². The van der Waals surface area contributed by atoms with Gasteiger partial charge in [0.1, 0.15) is 4.99 Å². The van der Waals surface area contributed by atoms with Crippen molar-refractivity contribution < 1.29 is 0 Å². The fourth-order valence-electron chi connectivity index (χ4n) is 1.20. The SMILES string of the molecule is NC(=S)c1cccn1-c1cccnn1. The first-order chi connectivity index (χ1) is 6.79. The first kappa shape index (κ1) is 8.83. The molecule has 2 rings (SSSR count). The Kier molecular flexibility index (Phi) is 2.24. The third-order valence-electron chi connectivity index (χ3n) is 1.81. The van der Waals surface area contributed by atoms with Crippen LogP contribution in [0.5, 0.6) is 0 Å². The largest absolute Gasteiger partial charge is 0.388 e. The lowest BCUT2D eigenvalue weighted by Gasteiger charge is -2.04. The summed E-state index contributed by atoms with van der Waals surface area (Å²) in [5.41, 5.74) is 6.32. The van der Waals surface area contributed by atoms with Crippen LogP contribution in [0.2, 0.25) is 0 Å². The molecule has 0 aliphatic carbocycles. The topological polar surface area (TPSA) is 56.7 Å². The van der Waals surface area contributed by atoms with Crippen LogP contribution in [0.3, 0.4) is 0 Å². The van der Waals surface area contributed by atoms with Crippen molar-refractivity contribution in [2.45, 2.75) is 0 Å². The Morgan fingerprint density at radius 1 is 1.36 bits per heavy atom. The summed E-state index contributed by atoms with van der Waals surface area (Å²) in [7, 11) is 0. The van der Waals surface area contributed by atoms with E-state index in [0.717, 1.165) is 5.69 Å². The lowest BCUT2D eigenvalue weighted by Crippen LogP contribution is -2.15. The van der Waals surface area contributed by atoms with Gasteiger partial charge in [0.25, 0.3) is 0 Å². The van der Waals surface area contributed by atoms with E-state index in [9.17, 15) is 0 Å². The average Bonchev–Trinajstić information content (AvgIpc) is 2.67. The van der Waals surface area contributed by atoms with Gasteiger partial charge >= 0.3 is 0 Å². The summed E-state index contributed by atoms with van der Waals surface area (Å²) in [6, 6.07) is 7.36. The quantitative estimate of drug-likeness (QED) is 0.738. The first-order valence-corrected chi connectivity index (χ1v) is 4.45. The highest BCUT2D eigenvalue weighted by Gasteiger charge is 2.05. The van der Waals surface area contributed by atoms with E-state index < -0.39 is 0 Å². The van der Waals surface area contributed by atoms with Gasteiger partial charge in [-0.25, -0.2) is 0 Å². The van der Waals surface area contributed by atoms with E-state index in [1.165, 1.54) is 0 Å². The normalized spacial score (nSPS) is 10.0. The van der Waals surface area contributed by atoms with Crippen LogP contribution in [0.1, 0.15) is 5.69 Å². The van der Waals surface area contributed by atoms with E-state index in [2.05, 4.69) is 10.2 Å². The molecule has 0 saturated carbocycles. The van der Waals surface area contributed by atoms with Crippen LogP contribution in [0.25, 0.3) is 5.82 Å². The van der Waals surface area contributed by atoms with Crippen LogP contribution < -0.4 is 5.73 Å². The highest BCUT2D eigenvalue weighted by Crippen LogP contribution is 2.08. The minimum Gasteiger partial charge on any atom is -0.388 e. The molecule has 70 valence electrons. The van der Waals surface area contributed by atoms with Gasteiger partial charge in [0, 0.05) is 12.4 Å². The first-order valence-electron chi connectivity index (χ1n) is 4.04. The van der Waals surface area contributed by atoms with Crippen molar-refractivity contribution in [1.82, 2.24) is 14.8 Å². The number of thiocarbonyl (C=S) groups is 1. The molecule has 2 N–H and O–H groups in total. The molecule has 4 nitrogen and oxygen atoms in total. The van der Waals surface area contributed by atoms with E-state index in [0.29, 0.717) is 10.8 Å². The minimum atomic E-state index is 0.348. The molecule has 0 aliphatic rings. The molecule has 5 heteroatoms. The van der Waals surface area contributed by atoms with Crippen LogP contribution in [0.4, 0.5) is 0 Å². The van der Waals surface area contributed by atoms with Gasteiger partial charge in [-0.15, -0.1) is 5.10 Å². The van der Waals surface area contributed by atoms with E-state index in [1.807, 2.05) is 30.5 Å². The molecule has 0 aliphatic heterocycles. The van der Waals surface area contributed by atoms with E-state index in [4.69, 9.17) is 18.0 Å². The van der Waals surface area contributed by atoms with Crippen molar-refractivity contribution in [3.05, 3.63) is 42.4 Å². The number of hydrogen-bond acceptors (Lipinski definition) is 3. The second-order valence-electron chi connectivity index (χ2n) is 2.71. The average molecular weight is 204 g/mol. The molecule has 2 heterocycles. The number of nitrogens with zero attached hydrogens (tertiary/aromatic N) is 3. The van der Waals surface area contributed by atoms with Crippen LogP contribution in [-0.4, -0.2) is 19.8 Å². The highest BCUT2D eigenvalue weighted by atomic mass is 32.1. The van der Waals surface area contributed by atoms with Crippen LogP contribution in [0, 0.1) is 0 Å². The monoisotopic (exact) mass is 204 g/mol. The van der Waals surface area contributed by atoms with E-state index in [1.54, 1.807) is 10.8 Å². The van der Waals surface area contributed by atoms with Crippen molar-refractivity contribution in [3.8, 4) is 5.82 Å². The molecule has 0 unspecified atom stereocenters. The van der Waals surface area contributed by atoms with E-state index >= 15 is 0 Å². The molecule has 0 atom stereocenters. The third kappa shape index (κ3) is 1.49. The lowest BCUT2D eigenvalue weighted by atomic mass is 10.4.